The fourth-order valence-corrected chi connectivity index (χ4v) is 3.22. The van der Waals surface area contributed by atoms with E-state index in [4.69, 9.17) is 0 Å². The van der Waals surface area contributed by atoms with Crippen LogP contribution in [0.4, 0.5) is 0 Å². The van der Waals surface area contributed by atoms with Crippen molar-refractivity contribution in [3.63, 3.8) is 0 Å². The molecule has 2 saturated heterocycles. The zero-order chi connectivity index (χ0) is 13.1. The molecule has 3 nitrogen and oxygen atoms in total. The molecule has 2 atom stereocenters. The van der Waals surface area contributed by atoms with Crippen LogP contribution in [0, 0.1) is 0 Å². The predicted octanol–water partition coefficient (Wildman–Crippen LogP) is 1.97. The van der Waals surface area contributed by atoms with Crippen molar-refractivity contribution in [2.45, 2.75) is 44.2 Å². The zero-order valence-corrected chi connectivity index (χ0v) is 11.3. The Hall–Kier alpha value is -1.35. The van der Waals surface area contributed by atoms with Crippen molar-refractivity contribution in [3.8, 4) is 0 Å². The molecule has 0 aromatic heterocycles. The van der Waals surface area contributed by atoms with Gasteiger partial charge in [-0.15, -0.1) is 0 Å². The van der Waals surface area contributed by atoms with Gasteiger partial charge in [-0.3, -0.25) is 4.79 Å². The number of hydrogen-bond acceptors (Lipinski definition) is 2. The number of carbonyl (C=O) groups is 1. The van der Waals surface area contributed by atoms with Crippen LogP contribution in [0.25, 0.3) is 0 Å². The highest BCUT2D eigenvalue weighted by molar-refractivity contribution is 5.76. The first-order chi connectivity index (χ1) is 9.31. The van der Waals surface area contributed by atoms with Crippen molar-refractivity contribution in [1.82, 2.24) is 10.2 Å². The van der Waals surface area contributed by atoms with Crippen molar-refractivity contribution >= 4 is 5.91 Å². The van der Waals surface area contributed by atoms with Gasteiger partial charge in [-0.25, -0.2) is 0 Å². The minimum atomic E-state index is 0.318. The van der Waals surface area contributed by atoms with Gasteiger partial charge >= 0.3 is 0 Å². The third-order valence-electron chi connectivity index (χ3n) is 4.35. The quantitative estimate of drug-likeness (QED) is 0.899. The van der Waals surface area contributed by atoms with E-state index in [0.717, 1.165) is 25.9 Å². The van der Waals surface area contributed by atoms with E-state index in [9.17, 15) is 4.79 Å². The molecule has 2 aliphatic heterocycles. The minimum Gasteiger partial charge on any atom is -0.341 e. The van der Waals surface area contributed by atoms with Crippen LogP contribution in [0.1, 0.15) is 31.2 Å². The number of rotatable bonds is 3. The lowest BCUT2D eigenvalue weighted by atomic mass is 10.1. The molecule has 0 aliphatic carbocycles. The highest BCUT2D eigenvalue weighted by atomic mass is 16.2. The molecule has 3 heteroatoms. The SMILES string of the molecule is O=C(CCc1ccccc1)N1CCC2CCC(C1)N2. The van der Waals surface area contributed by atoms with Crippen LogP contribution in [-0.2, 0) is 11.2 Å². The summed E-state index contributed by atoms with van der Waals surface area (Å²) >= 11 is 0. The van der Waals surface area contributed by atoms with E-state index in [1.165, 1.54) is 18.4 Å². The van der Waals surface area contributed by atoms with Gasteiger partial charge in [0.05, 0.1) is 0 Å². The standard InChI is InChI=1S/C16H22N2O/c19-16(9-6-13-4-2-1-3-5-13)18-11-10-14-7-8-15(12-18)17-14/h1-5,14-15,17H,6-12H2. The molecule has 0 saturated carbocycles. The average molecular weight is 258 g/mol. The number of benzene rings is 1. The van der Waals surface area contributed by atoms with E-state index in [-0.39, 0.29) is 0 Å². The molecule has 1 N–H and O–H groups in total. The predicted molar refractivity (Wildman–Crippen MR) is 75.9 cm³/mol. The van der Waals surface area contributed by atoms with Gasteiger partial charge in [0, 0.05) is 31.6 Å². The smallest absolute Gasteiger partial charge is 0.222 e. The van der Waals surface area contributed by atoms with E-state index in [0.29, 0.717) is 24.4 Å². The van der Waals surface area contributed by atoms with Crippen LogP contribution in [0.15, 0.2) is 30.3 Å². The Labute approximate surface area is 115 Å². The van der Waals surface area contributed by atoms with Crippen LogP contribution < -0.4 is 5.32 Å². The van der Waals surface area contributed by atoms with Gasteiger partial charge in [-0.2, -0.15) is 0 Å². The van der Waals surface area contributed by atoms with Crippen LogP contribution in [0.5, 0.6) is 0 Å². The molecule has 2 aliphatic rings. The van der Waals surface area contributed by atoms with Crippen LogP contribution in [-0.4, -0.2) is 36.0 Å². The number of fused-ring (bicyclic) bond motifs is 2. The Kier molecular flexibility index (Phi) is 3.83. The number of amides is 1. The second-order valence-electron chi connectivity index (χ2n) is 5.75. The molecule has 2 fully saturated rings. The fourth-order valence-electron chi connectivity index (χ4n) is 3.22. The minimum absolute atomic E-state index is 0.318. The van der Waals surface area contributed by atoms with Crippen molar-refractivity contribution in [2.75, 3.05) is 13.1 Å². The third-order valence-corrected chi connectivity index (χ3v) is 4.35. The Bertz CT molecular complexity index is 432. The van der Waals surface area contributed by atoms with Crippen LogP contribution >= 0.6 is 0 Å². The number of aryl methyl sites for hydroxylation is 1. The lowest BCUT2D eigenvalue weighted by Crippen LogP contribution is -2.39. The first-order valence-electron chi connectivity index (χ1n) is 7.39. The summed E-state index contributed by atoms with van der Waals surface area (Å²) in [4.78, 5) is 14.4. The second-order valence-corrected chi connectivity index (χ2v) is 5.75. The monoisotopic (exact) mass is 258 g/mol. The summed E-state index contributed by atoms with van der Waals surface area (Å²) in [5.74, 6) is 0.318. The van der Waals surface area contributed by atoms with Gasteiger partial charge in [0.25, 0.3) is 0 Å². The van der Waals surface area contributed by atoms with E-state index in [2.05, 4.69) is 22.3 Å². The molecule has 2 heterocycles. The van der Waals surface area contributed by atoms with Gasteiger partial charge in [0.15, 0.2) is 0 Å². The number of likely N-dealkylation sites (tertiary alicyclic amines) is 1. The van der Waals surface area contributed by atoms with Crippen molar-refractivity contribution in [1.29, 1.82) is 0 Å². The van der Waals surface area contributed by atoms with Gasteiger partial charge in [0.1, 0.15) is 0 Å². The normalized spacial score (nSPS) is 26.2. The molecule has 3 rings (SSSR count). The maximum Gasteiger partial charge on any atom is 0.222 e. The lowest BCUT2D eigenvalue weighted by molar-refractivity contribution is -0.131. The molecule has 19 heavy (non-hydrogen) atoms. The Morgan fingerprint density at radius 1 is 1.16 bits per heavy atom. The van der Waals surface area contributed by atoms with Crippen molar-refractivity contribution in [3.05, 3.63) is 35.9 Å². The van der Waals surface area contributed by atoms with E-state index < -0.39 is 0 Å². The summed E-state index contributed by atoms with van der Waals surface area (Å²) in [7, 11) is 0. The lowest BCUT2D eigenvalue weighted by Gasteiger charge is -2.24. The van der Waals surface area contributed by atoms with Crippen molar-refractivity contribution in [2.24, 2.45) is 0 Å². The Morgan fingerprint density at radius 3 is 2.79 bits per heavy atom. The van der Waals surface area contributed by atoms with Crippen molar-refractivity contribution < 1.29 is 4.79 Å². The summed E-state index contributed by atoms with van der Waals surface area (Å²) in [5, 5.41) is 3.62. The maximum absolute atomic E-state index is 12.3. The molecular formula is C16H22N2O. The summed E-state index contributed by atoms with van der Waals surface area (Å²) in [6.45, 7) is 1.84. The second kappa shape index (κ2) is 5.74. The van der Waals surface area contributed by atoms with Gasteiger partial charge in [-0.1, -0.05) is 30.3 Å². The first-order valence-corrected chi connectivity index (χ1v) is 7.39. The zero-order valence-electron chi connectivity index (χ0n) is 11.3. The highest BCUT2D eigenvalue weighted by Crippen LogP contribution is 2.21. The topological polar surface area (TPSA) is 32.3 Å². The summed E-state index contributed by atoms with van der Waals surface area (Å²) in [6.07, 6.45) is 5.14. The number of nitrogens with zero attached hydrogens (tertiary/aromatic N) is 1. The van der Waals surface area contributed by atoms with E-state index >= 15 is 0 Å². The van der Waals surface area contributed by atoms with Crippen LogP contribution in [0.2, 0.25) is 0 Å². The van der Waals surface area contributed by atoms with Gasteiger partial charge in [0.2, 0.25) is 5.91 Å². The molecule has 2 unspecified atom stereocenters. The molecule has 1 aromatic carbocycles. The van der Waals surface area contributed by atoms with Gasteiger partial charge in [-0.05, 0) is 31.2 Å². The maximum atomic E-state index is 12.3. The van der Waals surface area contributed by atoms with E-state index in [1.54, 1.807) is 0 Å². The summed E-state index contributed by atoms with van der Waals surface area (Å²) in [5.41, 5.74) is 1.25. The third kappa shape index (κ3) is 3.16. The molecule has 0 radical (unpaired) electrons. The fraction of sp³-hybridized carbons (Fsp3) is 0.562. The van der Waals surface area contributed by atoms with Crippen LogP contribution in [0.3, 0.4) is 0 Å². The molecule has 1 amide bonds. The number of carbonyl (C=O) groups excluding carboxylic acids is 1. The average Bonchev–Trinajstić information content (AvgIpc) is 2.77. The number of hydrogen-bond donors (Lipinski definition) is 1. The Balaban J connectivity index is 1.52. The first kappa shape index (κ1) is 12.7. The molecule has 0 spiro atoms. The molecule has 102 valence electrons. The largest absolute Gasteiger partial charge is 0.341 e. The molecule has 2 bridgehead atoms. The summed E-state index contributed by atoms with van der Waals surface area (Å²) < 4.78 is 0. The molecule has 1 aromatic rings. The highest BCUT2D eigenvalue weighted by Gasteiger charge is 2.30. The molecular weight excluding hydrogens is 236 g/mol. The Morgan fingerprint density at radius 2 is 1.95 bits per heavy atom. The van der Waals surface area contributed by atoms with Gasteiger partial charge < -0.3 is 10.2 Å². The summed E-state index contributed by atoms with van der Waals surface area (Å²) in [6, 6.07) is 11.5. The number of nitrogens with one attached hydrogen (secondary N) is 1. The van der Waals surface area contributed by atoms with E-state index in [1.807, 2.05) is 18.2 Å².